The number of benzene rings is 2. The molecule has 1 saturated heterocycles. The van der Waals surface area contributed by atoms with Crippen LogP contribution in [-0.2, 0) is 4.79 Å². The van der Waals surface area contributed by atoms with Crippen molar-refractivity contribution in [2.24, 2.45) is 0 Å². The lowest BCUT2D eigenvalue weighted by molar-refractivity contribution is -0.138. The number of amides is 1. The lowest BCUT2D eigenvalue weighted by Gasteiger charge is -2.27. The van der Waals surface area contributed by atoms with E-state index in [-0.39, 0.29) is 11.3 Å². The van der Waals surface area contributed by atoms with Crippen molar-refractivity contribution in [2.45, 2.75) is 18.4 Å². The van der Waals surface area contributed by atoms with E-state index in [1.165, 1.54) is 5.56 Å². The number of rotatable bonds is 4. The quantitative estimate of drug-likeness (QED) is 0.861. The molecule has 1 fully saturated rings. The third-order valence-corrected chi connectivity index (χ3v) is 4.92. The highest BCUT2D eigenvalue weighted by Crippen LogP contribution is 2.38. The van der Waals surface area contributed by atoms with Gasteiger partial charge in [-0.25, -0.2) is 0 Å². The molecule has 0 spiro atoms. The van der Waals surface area contributed by atoms with Crippen LogP contribution in [0.1, 0.15) is 17.9 Å². The summed E-state index contributed by atoms with van der Waals surface area (Å²) in [7, 11) is 0. The second kappa shape index (κ2) is 6.88. The van der Waals surface area contributed by atoms with E-state index in [0.29, 0.717) is 0 Å². The van der Waals surface area contributed by atoms with Gasteiger partial charge >= 0.3 is 0 Å². The summed E-state index contributed by atoms with van der Waals surface area (Å²) in [6.07, 6.45) is -0.479. The molecule has 0 radical (unpaired) electrons. The topological polar surface area (TPSA) is 29.5 Å². The Morgan fingerprint density at radius 2 is 1.77 bits per heavy atom. The highest BCUT2D eigenvalue weighted by Gasteiger charge is 2.33. The van der Waals surface area contributed by atoms with Gasteiger partial charge in [0.25, 0.3) is 5.91 Å². The van der Waals surface area contributed by atoms with E-state index >= 15 is 0 Å². The van der Waals surface area contributed by atoms with Gasteiger partial charge in [0, 0.05) is 12.3 Å². The molecule has 1 heterocycles. The van der Waals surface area contributed by atoms with Crippen LogP contribution in [-0.4, -0.2) is 29.2 Å². The molecule has 0 aromatic heterocycles. The summed E-state index contributed by atoms with van der Waals surface area (Å²) >= 11 is 1.81. The molecular formula is C18H19NO2S. The summed E-state index contributed by atoms with van der Waals surface area (Å²) in [6, 6.07) is 19.7. The predicted molar refractivity (Wildman–Crippen MR) is 89.9 cm³/mol. The first-order valence-corrected chi connectivity index (χ1v) is 8.49. The fourth-order valence-corrected chi connectivity index (χ4v) is 3.84. The van der Waals surface area contributed by atoms with Crippen molar-refractivity contribution in [3.63, 3.8) is 0 Å². The fraction of sp³-hybridized carbons (Fsp3) is 0.278. The van der Waals surface area contributed by atoms with E-state index < -0.39 is 6.10 Å². The largest absolute Gasteiger partial charge is 0.481 e. The summed E-state index contributed by atoms with van der Waals surface area (Å²) < 4.78 is 5.77. The molecule has 22 heavy (non-hydrogen) atoms. The smallest absolute Gasteiger partial charge is 0.264 e. The number of carbonyl (C=O) groups is 1. The van der Waals surface area contributed by atoms with Gasteiger partial charge in [-0.15, -0.1) is 11.8 Å². The molecule has 2 aromatic carbocycles. The first-order valence-electron chi connectivity index (χ1n) is 7.44. The minimum absolute atomic E-state index is 0.0442. The van der Waals surface area contributed by atoms with Crippen LogP contribution in [0.2, 0.25) is 0 Å². The van der Waals surface area contributed by atoms with Gasteiger partial charge in [-0.2, -0.15) is 0 Å². The van der Waals surface area contributed by atoms with Crippen molar-refractivity contribution in [1.82, 2.24) is 4.90 Å². The minimum atomic E-state index is -0.479. The monoisotopic (exact) mass is 313 g/mol. The summed E-state index contributed by atoms with van der Waals surface area (Å²) in [4.78, 5) is 14.6. The Kier molecular flexibility index (Phi) is 4.68. The maximum atomic E-state index is 12.7. The van der Waals surface area contributed by atoms with Crippen molar-refractivity contribution in [1.29, 1.82) is 0 Å². The number of carbonyl (C=O) groups excluding carboxylic acids is 1. The Labute approximate surface area is 135 Å². The van der Waals surface area contributed by atoms with Crippen LogP contribution < -0.4 is 4.74 Å². The SMILES string of the molecule is CC(Oc1ccccc1)C(=O)N1CCSC1c1ccccc1. The van der Waals surface area contributed by atoms with Crippen LogP contribution in [0.15, 0.2) is 60.7 Å². The molecule has 1 aliphatic rings. The first kappa shape index (κ1) is 15.0. The molecule has 2 unspecified atom stereocenters. The number of para-hydroxylation sites is 1. The Balaban J connectivity index is 1.71. The molecule has 3 nitrogen and oxygen atoms in total. The van der Waals surface area contributed by atoms with Crippen molar-refractivity contribution in [3.05, 3.63) is 66.2 Å². The van der Waals surface area contributed by atoms with E-state index in [0.717, 1.165) is 18.0 Å². The summed E-state index contributed by atoms with van der Waals surface area (Å²) in [5, 5.41) is 0.0931. The van der Waals surface area contributed by atoms with Crippen molar-refractivity contribution in [2.75, 3.05) is 12.3 Å². The summed E-state index contributed by atoms with van der Waals surface area (Å²) in [5.41, 5.74) is 1.17. The standard InChI is InChI=1S/C18H19NO2S/c1-14(21-16-10-6-3-7-11-16)17(20)19-12-13-22-18(19)15-8-4-2-5-9-15/h2-11,14,18H,12-13H2,1H3. The van der Waals surface area contributed by atoms with E-state index in [2.05, 4.69) is 12.1 Å². The molecule has 0 bridgehead atoms. The van der Waals surface area contributed by atoms with E-state index in [1.54, 1.807) is 11.8 Å². The van der Waals surface area contributed by atoms with Crippen molar-refractivity contribution >= 4 is 17.7 Å². The van der Waals surface area contributed by atoms with Gasteiger partial charge in [-0.3, -0.25) is 4.79 Å². The summed E-state index contributed by atoms with van der Waals surface area (Å²) in [5.74, 6) is 1.73. The van der Waals surface area contributed by atoms with Gasteiger partial charge in [0.15, 0.2) is 6.10 Å². The molecule has 2 aromatic rings. The Morgan fingerprint density at radius 1 is 1.14 bits per heavy atom. The number of nitrogens with zero attached hydrogens (tertiary/aromatic N) is 1. The molecule has 1 aliphatic heterocycles. The van der Waals surface area contributed by atoms with Crippen molar-refractivity contribution in [3.8, 4) is 5.75 Å². The van der Waals surface area contributed by atoms with Gasteiger partial charge in [-0.05, 0) is 24.6 Å². The molecule has 2 atom stereocenters. The molecule has 0 aliphatic carbocycles. The Hall–Kier alpha value is -1.94. The number of ether oxygens (including phenoxy) is 1. The van der Waals surface area contributed by atoms with Crippen LogP contribution in [0.3, 0.4) is 0 Å². The molecular weight excluding hydrogens is 294 g/mol. The number of hydrogen-bond donors (Lipinski definition) is 0. The second-order valence-electron chi connectivity index (χ2n) is 5.24. The van der Waals surface area contributed by atoms with Gasteiger partial charge in [0.1, 0.15) is 11.1 Å². The third kappa shape index (κ3) is 3.28. The van der Waals surface area contributed by atoms with Crippen LogP contribution in [0, 0.1) is 0 Å². The highest BCUT2D eigenvalue weighted by atomic mass is 32.2. The van der Waals surface area contributed by atoms with Crippen LogP contribution in [0.25, 0.3) is 0 Å². The Morgan fingerprint density at radius 3 is 2.45 bits per heavy atom. The number of thioether (sulfide) groups is 1. The maximum Gasteiger partial charge on any atom is 0.264 e. The van der Waals surface area contributed by atoms with E-state index in [1.807, 2.05) is 60.4 Å². The maximum absolute atomic E-state index is 12.7. The van der Waals surface area contributed by atoms with Crippen molar-refractivity contribution < 1.29 is 9.53 Å². The van der Waals surface area contributed by atoms with Gasteiger partial charge < -0.3 is 9.64 Å². The normalized spacial score (nSPS) is 19.0. The zero-order valence-corrected chi connectivity index (χ0v) is 13.3. The second-order valence-corrected chi connectivity index (χ2v) is 6.43. The summed E-state index contributed by atoms with van der Waals surface area (Å²) in [6.45, 7) is 2.59. The Bertz CT molecular complexity index is 617. The van der Waals surface area contributed by atoms with Crippen LogP contribution in [0.5, 0.6) is 5.75 Å². The number of hydrogen-bond acceptors (Lipinski definition) is 3. The average Bonchev–Trinajstić information content (AvgIpc) is 3.05. The zero-order chi connectivity index (χ0) is 15.4. The average molecular weight is 313 g/mol. The zero-order valence-electron chi connectivity index (χ0n) is 12.5. The van der Waals surface area contributed by atoms with Gasteiger partial charge in [0.2, 0.25) is 0 Å². The lowest BCUT2D eigenvalue weighted by Crippen LogP contribution is -2.40. The molecule has 1 amide bonds. The molecule has 0 N–H and O–H groups in total. The van der Waals surface area contributed by atoms with E-state index in [4.69, 9.17) is 4.74 Å². The molecule has 0 saturated carbocycles. The first-order chi connectivity index (χ1) is 10.8. The minimum Gasteiger partial charge on any atom is -0.481 e. The van der Waals surface area contributed by atoms with Crippen LogP contribution in [0.4, 0.5) is 0 Å². The lowest BCUT2D eigenvalue weighted by atomic mass is 10.2. The fourth-order valence-electron chi connectivity index (χ4n) is 2.58. The molecule has 3 rings (SSSR count). The molecule has 4 heteroatoms. The van der Waals surface area contributed by atoms with Crippen LogP contribution >= 0.6 is 11.8 Å². The van der Waals surface area contributed by atoms with Gasteiger partial charge in [-0.1, -0.05) is 48.5 Å². The third-order valence-electron chi connectivity index (χ3n) is 3.66. The van der Waals surface area contributed by atoms with Gasteiger partial charge in [0.05, 0.1) is 0 Å². The van der Waals surface area contributed by atoms with E-state index in [9.17, 15) is 4.79 Å². The highest BCUT2D eigenvalue weighted by molar-refractivity contribution is 7.99. The molecule has 114 valence electrons. The predicted octanol–water partition coefficient (Wildman–Crippen LogP) is 3.73.